The summed E-state index contributed by atoms with van der Waals surface area (Å²) in [6.45, 7) is 7.01. The van der Waals surface area contributed by atoms with Crippen LogP contribution in [0, 0.1) is 0 Å². The number of piperazine rings is 1. The van der Waals surface area contributed by atoms with Crippen LogP contribution >= 0.6 is 0 Å². The van der Waals surface area contributed by atoms with Gasteiger partial charge in [0.15, 0.2) is 0 Å². The molecule has 5 nitrogen and oxygen atoms in total. The number of aryl methyl sites for hydroxylation is 1. The highest BCUT2D eigenvalue weighted by atomic mass is 15.3. The molecule has 0 amide bonds. The van der Waals surface area contributed by atoms with Crippen molar-refractivity contribution in [1.82, 2.24) is 20.0 Å². The molecule has 1 saturated heterocycles. The van der Waals surface area contributed by atoms with Crippen molar-refractivity contribution < 1.29 is 0 Å². The van der Waals surface area contributed by atoms with E-state index in [1.165, 1.54) is 5.69 Å². The van der Waals surface area contributed by atoms with Crippen LogP contribution in [0.4, 0.5) is 0 Å². The van der Waals surface area contributed by atoms with Crippen LogP contribution in [0.25, 0.3) is 0 Å². The fourth-order valence-electron chi connectivity index (χ4n) is 2.19. The third-order valence-electron chi connectivity index (χ3n) is 3.36. The Bertz CT molecular complexity index is 346. The molecule has 0 aromatic carbocycles. The van der Waals surface area contributed by atoms with E-state index < -0.39 is 0 Å². The molecule has 1 aromatic rings. The Morgan fingerprint density at radius 2 is 2.44 bits per heavy atom. The first kappa shape index (κ1) is 11.6. The summed E-state index contributed by atoms with van der Waals surface area (Å²) < 4.78 is 1.94. The van der Waals surface area contributed by atoms with E-state index in [2.05, 4.69) is 22.2 Å². The normalized spacial score (nSPS) is 22.6. The predicted octanol–water partition coefficient (Wildman–Crippen LogP) is -0.327. The molecule has 16 heavy (non-hydrogen) atoms. The van der Waals surface area contributed by atoms with Crippen LogP contribution in [0.15, 0.2) is 6.20 Å². The number of aromatic nitrogens is 2. The molecule has 2 heterocycles. The highest BCUT2D eigenvalue weighted by molar-refractivity contribution is 5.17. The van der Waals surface area contributed by atoms with E-state index in [-0.39, 0.29) is 0 Å². The highest BCUT2D eigenvalue weighted by Gasteiger charge is 2.20. The van der Waals surface area contributed by atoms with Crippen molar-refractivity contribution in [3.05, 3.63) is 17.5 Å². The van der Waals surface area contributed by atoms with Crippen molar-refractivity contribution >= 4 is 0 Å². The van der Waals surface area contributed by atoms with Crippen LogP contribution in [0.5, 0.6) is 0 Å². The number of rotatable bonds is 3. The van der Waals surface area contributed by atoms with E-state index in [0.717, 1.165) is 31.7 Å². The molecule has 1 unspecified atom stereocenters. The van der Waals surface area contributed by atoms with E-state index in [1.54, 1.807) is 0 Å². The Morgan fingerprint density at radius 3 is 3.12 bits per heavy atom. The van der Waals surface area contributed by atoms with Gasteiger partial charge in [-0.3, -0.25) is 9.58 Å². The van der Waals surface area contributed by atoms with E-state index in [0.29, 0.717) is 12.6 Å². The summed E-state index contributed by atoms with van der Waals surface area (Å²) in [6.07, 6.45) is 1.88. The fourth-order valence-corrected chi connectivity index (χ4v) is 2.19. The van der Waals surface area contributed by atoms with Gasteiger partial charge in [0.05, 0.1) is 11.9 Å². The molecule has 1 fully saturated rings. The Labute approximate surface area is 96.6 Å². The maximum Gasteiger partial charge on any atom is 0.0566 e. The molecule has 2 rings (SSSR count). The minimum absolute atomic E-state index is 0.573. The molecule has 5 heteroatoms. The number of hydrogen-bond donors (Lipinski definition) is 2. The van der Waals surface area contributed by atoms with Crippen molar-refractivity contribution in [2.45, 2.75) is 26.1 Å². The van der Waals surface area contributed by atoms with Crippen molar-refractivity contribution in [2.75, 3.05) is 19.6 Å². The average molecular weight is 223 g/mol. The van der Waals surface area contributed by atoms with Gasteiger partial charge in [-0.1, -0.05) is 0 Å². The van der Waals surface area contributed by atoms with Gasteiger partial charge in [0.2, 0.25) is 0 Å². The summed E-state index contributed by atoms with van der Waals surface area (Å²) in [7, 11) is 1.99. The Balaban J connectivity index is 2.09. The van der Waals surface area contributed by atoms with Crippen LogP contribution in [-0.2, 0) is 20.1 Å². The van der Waals surface area contributed by atoms with Crippen molar-refractivity contribution in [3.8, 4) is 0 Å². The number of nitrogens with one attached hydrogen (secondary N) is 1. The van der Waals surface area contributed by atoms with Gasteiger partial charge in [0.25, 0.3) is 0 Å². The van der Waals surface area contributed by atoms with Gasteiger partial charge in [0, 0.05) is 51.4 Å². The summed E-state index contributed by atoms with van der Waals surface area (Å²) in [5, 5.41) is 7.67. The SMILES string of the molecule is CC1CNCCN1Cc1c(CN)cnn1C. The van der Waals surface area contributed by atoms with E-state index in [9.17, 15) is 0 Å². The molecule has 0 saturated carbocycles. The summed E-state index contributed by atoms with van der Waals surface area (Å²) in [6, 6.07) is 0.578. The van der Waals surface area contributed by atoms with Crippen LogP contribution in [0.2, 0.25) is 0 Å². The largest absolute Gasteiger partial charge is 0.326 e. The smallest absolute Gasteiger partial charge is 0.0566 e. The number of nitrogens with zero attached hydrogens (tertiary/aromatic N) is 3. The fraction of sp³-hybridized carbons (Fsp3) is 0.727. The lowest BCUT2D eigenvalue weighted by atomic mass is 10.1. The molecule has 1 atom stereocenters. The molecule has 0 radical (unpaired) electrons. The van der Waals surface area contributed by atoms with Crippen LogP contribution in [0.1, 0.15) is 18.2 Å². The second kappa shape index (κ2) is 4.95. The maximum atomic E-state index is 5.72. The first-order chi connectivity index (χ1) is 7.72. The zero-order chi connectivity index (χ0) is 11.5. The molecule has 0 spiro atoms. The monoisotopic (exact) mass is 223 g/mol. The molecular weight excluding hydrogens is 202 g/mol. The lowest BCUT2D eigenvalue weighted by molar-refractivity contribution is 0.161. The standard InChI is InChI=1S/C11H21N5/c1-9-6-13-3-4-16(9)8-11-10(5-12)7-14-15(11)2/h7,9,13H,3-6,8,12H2,1-2H3. The van der Waals surface area contributed by atoms with Gasteiger partial charge in [-0.15, -0.1) is 0 Å². The highest BCUT2D eigenvalue weighted by Crippen LogP contribution is 2.13. The van der Waals surface area contributed by atoms with Gasteiger partial charge in [-0.2, -0.15) is 5.10 Å². The average Bonchev–Trinajstić information content (AvgIpc) is 2.63. The lowest BCUT2D eigenvalue weighted by Gasteiger charge is -2.34. The summed E-state index contributed by atoms with van der Waals surface area (Å²) in [4.78, 5) is 2.48. The molecule has 1 aromatic heterocycles. The molecule has 1 aliphatic heterocycles. The minimum Gasteiger partial charge on any atom is -0.326 e. The zero-order valence-electron chi connectivity index (χ0n) is 10.1. The number of hydrogen-bond acceptors (Lipinski definition) is 4. The Morgan fingerprint density at radius 1 is 1.62 bits per heavy atom. The van der Waals surface area contributed by atoms with Gasteiger partial charge in [-0.25, -0.2) is 0 Å². The third-order valence-corrected chi connectivity index (χ3v) is 3.36. The Kier molecular flexibility index (Phi) is 3.58. The van der Waals surface area contributed by atoms with Crippen molar-refractivity contribution in [2.24, 2.45) is 12.8 Å². The van der Waals surface area contributed by atoms with Crippen molar-refractivity contribution in [3.63, 3.8) is 0 Å². The summed E-state index contributed by atoms with van der Waals surface area (Å²) in [5.74, 6) is 0. The second-order valence-electron chi connectivity index (χ2n) is 4.47. The van der Waals surface area contributed by atoms with E-state index >= 15 is 0 Å². The van der Waals surface area contributed by atoms with Crippen molar-refractivity contribution in [1.29, 1.82) is 0 Å². The zero-order valence-corrected chi connectivity index (χ0v) is 10.1. The summed E-state index contributed by atoms with van der Waals surface area (Å²) >= 11 is 0. The molecule has 0 bridgehead atoms. The first-order valence-corrected chi connectivity index (χ1v) is 5.87. The molecule has 3 N–H and O–H groups in total. The Hall–Kier alpha value is -0.910. The van der Waals surface area contributed by atoms with E-state index in [4.69, 9.17) is 5.73 Å². The molecule has 90 valence electrons. The lowest BCUT2D eigenvalue weighted by Crippen LogP contribution is -2.49. The minimum atomic E-state index is 0.573. The van der Waals surface area contributed by atoms with Gasteiger partial charge in [0.1, 0.15) is 0 Å². The summed E-state index contributed by atoms with van der Waals surface area (Å²) in [5.41, 5.74) is 8.13. The second-order valence-corrected chi connectivity index (χ2v) is 4.47. The van der Waals surface area contributed by atoms with Gasteiger partial charge in [-0.05, 0) is 6.92 Å². The quantitative estimate of drug-likeness (QED) is 0.737. The van der Waals surface area contributed by atoms with Crippen LogP contribution < -0.4 is 11.1 Å². The predicted molar refractivity (Wildman–Crippen MR) is 63.8 cm³/mol. The molecule has 1 aliphatic rings. The molecule has 0 aliphatic carbocycles. The maximum absolute atomic E-state index is 5.72. The number of nitrogens with two attached hydrogens (primary N) is 1. The first-order valence-electron chi connectivity index (χ1n) is 5.87. The van der Waals surface area contributed by atoms with E-state index in [1.807, 2.05) is 17.9 Å². The van der Waals surface area contributed by atoms with Crippen LogP contribution in [0.3, 0.4) is 0 Å². The van der Waals surface area contributed by atoms with Gasteiger partial charge >= 0.3 is 0 Å². The topological polar surface area (TPSA) is 59.1 Å². The van der Waals surface area contributed by atoms with Gasteiger partial charge < -0.3 is 11.1 Å². The van der Waals surface area contributed by atoms with Crippen LogP contribution in [-0.4, -0.2) is 40.4 Å². The third kappa shape index (κ3) is 2.26. The molecular formula is C11H21N5.